The van der Waals surface area contributed by atoms with Crippen LogP contribution in [0.1, 0.15) is 30.1 Å². The standard InChI is InChI=1S/C17H24N2O6S/c1-4-25-16(20)12-18(2)17(21)13-7-8-14(24-3)15(11-13)26(22,23)19-9-5-6-10-19/h7-8,11H,4-6,9-10,12H2,1-3H3. The summed E-state index contributed by atoms with van der Waals surface area (Å²) >= 11 is 0. The van der Waals surface area contributed by atoms with Crippen LogP contribution in [0.3, 0.4) is 0 Å². The smallest absolute Gasteiger partial charge is 0.325 e. The number of hydrogen-bond donors (Lipinski definition) is 0. The second-order valence-electron chi connectivity index (χ2n) is 5.94. The average Bonchev–Trinajstić information content (AvgIpc) is 3.16. The second kappa shape index (κ2) is 8.50. The van der Waals surface area contributed by atoms with Gasteiger partial charge >= 0.3 is 5.97 Å². The number of benzene rings is 1. The van der Waals surface area contributed by atoms with E-state index in [1.54, 1.807) is 6.92 Å². The molecule has 1 heterocycles. The number of rotatable bonds is 7. The number of carbonyl (C=O) groups excluding carboxylic acids is 2. The van der Waals surface area contributed by atoms with Crippen LogP contribution in [0.5, 0.6) is 5.75 Å². The number of amides is 1. The van der Waals surface area contributed by atoms with Crippen LogP contribution in [-0.4, -0.2) is 69.9 Å². The van der Waals surface area contributed by atoms with E-state index >= 15 is 0 Å². The van der Waals surface area contributed by atoms with Gasteiger partial charge in [-0.2, -0.15) is 4.31 Å². The minimum atomic E-state index is -3.75. The minimum Gasteiger partial charge on any atom is -0.495 e. The summed E-state index contributed by atoms with van der Waals surface area (Å²) in [5.74, 6) is -0.818. The number of esters is 1. The van der Waals surface area contributed by atoms with Gasteiger partial charge in [0.15, 0.2) is 0 Å². The zero-order chi connectivity index (χ0) is 19.3. The summed E-state index contributed by atoms with van der Waals surface area (Å²) < 4.78 is 37.1. The van der Waals surface area contributed by atoms with Gasteiger partial charge < -0.3 is 14.4 Å². The van der Waals surface area contributed by atoms with Crippen molar-refractivity contribution in [2.45, 2.75) is 24.7 Å². The summed E-state index contributed by atoms with van der Waals surface area (Å²) in [6.45, 7) is 2.59. The molecule has 1 aromatic rings. The van der Waals surface area contributed by atoms with Crippen molar-refractivity contribution < 1.29 is 27.5 Å². The second-order valence-corrected chi connectivity index (χ2v) is 7.85. The van der Waals surface area contributed by atoms with Crippen LogP contribution in [0.2, 0.25) is 0 Å². The first-order chi connectivity index (χ1) is 12.3. The average molecular weight is 384 g/mol. The Hall–Kier alpha value is -2.13. The molecule has 2 rings (SSSR count). The fourth-order valence-electron chi connectivity index (χ4n) is 2.77. The van der Waals surface area contributed by atoms with E-state index in [2.05, 4.69) is 0 Å². The van der Waals surface area contributed by atoms with Crippen molar-refractivity contribution in [2.24, 2.45) is 0 Å². The molecule has 1 fully saturated rings. The van der Waals surface area contributed by atoms with Gasteiger partial charge in [0.05, 0.1) is 13.7 Å². The topological polar surface area (TPSA) is 93.2 Å². The van der Waals surface area contributed by atoms with Gasteiger partial charge in [-0.15, -0.1) is 0 Å². The molecular formula is C17H24N2O6S. The molecular weight excluding hydrogens is 360 g/mol. The summed E-state index contributed by atoms with van der Waals surface area (Å²) in [7, 11) is -0.911. The van der Waals surface area contributed by atoms with Gasteiger partial charge in [-0.3, -0.25) is 9.59 Å². The zero-order valence-corrected chi connectivity index (χ0v) is 16.0. The van der Waals surface area contributed by atoms with E-state index in [0.29, 0.717) is 13.1 Å². The van der Waals surface area contributed by atoms with Crippen LogP contribution in [0.25, 0.3) is 0 Å². The van der Waals surface area contributed by atoms with E-state index in [1.165, 1.54) is 41.6 Å². The molecule has 0 aromatic heterocycles. The largest absolute Gasteiger partial charge is 0.495 e. The number of nitrogens with zero attached hydrogens (tertiary/aromatic N) is 2. The maximum Gasteiger partial charge on any atom is 0.325 e. The molecule has 1 aliphatic heterocycles. The van der Waals surface area contributed by atoms with Crippen LogP contribution >= 0.6 is 0 Å². The first-order valence-electron chi connectivity index (χ1n) is 8.40. The number of sulfonamides is 1. The third-order valence-electron chi connectivity index (χ3n) is 4.11. The van der Waals surface area contributed by atoms with Crippen LogP contribution < -0.4 is 4.74 Å². The maximum atomic E-state index is 12.9. The Balaban J connectivity index is 2.31. The Morgan fingerprint density at radius 3 is 2.46 bits per heavy atom. The van der Waals surface area contributed by atoms with Crippen molar-refractivity contribution in [3.8, 4) is 5.75 Å². The number of carbonyl (C=O) groups is 2. The lowest BCUT2D eigenvalue weighted by atomic mass is 10.2. The number of ether oxygens (including phenoxy) is 2. The lowest BCUT2D eigenvalue weighted by molar-refractivity contribution is -0.143. The molecule has 0 spiro atoms. The molecule has 0 bridgehead atoms. The number of hydrogen-bond acceptors (Lipinski definition) is 6. The first-order valence-corrected chi connectivity index (χ1v) is 9.84. The van der Waals surface area contributed by atoms with Gasteiger partial charge in [-0.25, -0.2) is 8.42 Å². The normalized spacial score (nSPS) is 14.9. The zero-order valence-electron chi connectivity index (χ0n) is 15.2. The molecule has 1 aromatic carbocycles. The molecule has 9 heteroatoms. The molecule has 1 saturated heterocycles. The minimum absolute atomic E-state index is 0.0442. The van der Waals surface area contributed by atoms with Crippen molar-refractivity contribution in [1.29, 1.82) is 0 Å². The summed E-state index contributed by atoms with van der Waals surface area (Å²) in [6, 6.07) is 4.23. The molecule has 0 N–H and O–H groups in total. The molecule has 0 radical (unpaired) electrons. The van der Waals surface area contributed by atoms with Gasteiger partial charge in [0.25, 0.3) is 5.91 Å². The van der Waals surface area contributed by atoms with E-state index in [0.717, 1.165) is 12.8 Å². The molecule has 1 amide bonds. The van der Waals surface area contributed by atoms with E-state index in [9.17, 15) is 18.0 Å². The van der Waals surface area contributed by atoms with E-state index in [4.69, 9.17) is 9.47 Å². The summed E-state index contributed by atoms with van der Waals surface area (Å²) in [4.78, 5) is 25.2. The van der Waals surface area contributed by atoms with Crippen LogP contribution in [0.15, 0.2) is 23.1 Å². The monoisotopic (exact) mass is 384 g/mol. The molecule has 144 valence electrons. The molecule has 8 nitrogen and oxygen atoms in total. The van der Waals surface area contributed by atoms with Gasteiger partial charge in [-0.05, 0) is 38.0 Å². The predicted octanol–water partition coefficient (Wildman–Crippen LogP) is 1.11. The Labute approximate surface area is 153 Å². The number of methoxy groups -OCH3 is 1. The van der Waals surface area contributed by atoms with Crippen LogP contribution in [0.4, 0.5) is 0 Å². The van der Waals surface area contributed by atoms with Crippen LogP contribution in [0, 0.1) is 0 Å². The Bertz CT molecular complexity index is 771. The van der Waals surface area contributed by atoms with Gasteiger partial charge in [0.2, 0.25) is 10.0 Å². The van der Waals surface area contributed by atoms with Gasteiger partial charge in [-0.1, -0.05) is 0 Å². The summed E-state index contributed by atoms with van der Waals surface area (Å²) in [5.41, 5.74) is 0.162. The lowest BCUT2D eigenvalue weighted by Crippen LogP contribution is -2.33. The maximum absolute atomic E-state index is 12.9. The van der Waals surface area contributed by atoms with E-state index in [1.807, 2.05) is 0 Å². The highest BCUT2D eigenvalue weighted by Crippen LogP contribution is 2.30. The third kappa shape index (κ3) is 4.34. The fraction of sp³-hybridized carbons (Fsp3) is 0.529. The highest BCUT2D eigenvalue weighted by Gasteiger charge is 2.31. The molecule has 26 heavy (non-hydrogen) atoms. The first kappa shape index (κ1) is 20.2. The molecule has 1 aliphatic rings. The fourth-order valence-corrected chi connectivity index (χ4v) is 4.47. The van der Waals surface area contributed by atoms with Gasteiger partial charge in [0.1, 0.15) is 17.2 Å². The van der Waals surface area contributed by atoms with Crippen LogP contribution in [-0.2, 0) is 19.6 Å². The summed E-state index contributed by atoms with van der Waals surface area (Å²) in [6.07, 6.45) is 1.62. The van der Waals surface area contributed by atoms with Crippen molar-refractivity contribution in [1.82, 2.24) is 9.21 Å². The van der Waals surface area contributed by atoms with E-state index < -0.39 is 21.9 Å². The molecule has 0 atom stereocenters. The Morgan fingerprint density at radius 2 is 1.88 bits per heavy atom. The predicted molar refractivity (Wildman–Crippen MR) is 94.6 cm³/mol. The Kier molecular flexibility index (Phi) is 6.60. The Morgan fingerprint density at radius 1 is 1.23 bits per heavy atom. The summed E-state index contributed by atoms with van der Waals surface area (Å²) in [5, 5.41) is 0. The molecule has 0 aliphatic carbocycles. The van der Waals surface area contributed by atoms with Crippen molar-refractivity contribution >= 4 is 21.9 Å². The van der Waals surface area contributed by atoms with Crippen molar-refractivity contribution in [3.63, 3.8) is 0 Å². The van der Waals surface area contributed by atoms with E-state index in [-0.39, 0.29) is 29.4 Å². The third-order valence-corrected chi connectivity index (χ3v) is 6.03. The quantitative estimate of drug-likeness (QED) is 0.654. The highest BCUT2D eigenvalue weighted by atomic mass is 32.2. The highest BCUT2D eigenvalue weighted by molar-refractivity contribution is 7.89. The van der Waals surface area contributed by atoms with Crippen molar-refractivity contribution in [2.75, 3.05) is 40.4 Å². The molecule has 0 saturated carbocycles. The van der Waals surface area contributed by atoms with Gasteiger partial charge in [0, 0.05) is 25.7 Å². The molecule has 0 unspecified atom stereocenters. The lowest BCUT2D eigenvalue weighted by Gasteiger charge is -2.20. The van der Waals surface area contributed by atoms with Crippen molar-refractivity contribution in [3.05, 3.63) is 23.8 Å². The number of likely N-dealkylation sites (N-methyl/N-ethyl adjacent to an activating group) is 1. The SMILES string of the molecule is CCOC(=O)CN(C)C(=O)c1ccc(OC)c(S(=O)(=O)N2CCCC2)c1.